The van der Waals surface area contributed by atoms with Gasteiger partial charge in [-0.1, -0.05) is 12.2 Å². The van der Waals surface area contributed by atoms with E-state index in [0.29, 0.717) is 12.1 Å². The number of nitrogens with one attached hydrogen (secondary N) is 1. The topological polar surface area (TPSA) is 21.3 Å². The van der Waals surface area contributed by atoms with Crippen LogP contribution >= 0.6 is 0 Å². The normalized spacial score (nSPS) is 24.6. The molecule has 1 heterocycles. The molecule has 0 aliphatic carbocycles. The molecule has 1 aliphatic rings. The summed E-state index contributed by atoms with van der Waals surface area (Å²) < 4.78 is 5.60. The SMILES string of the molecule is C/C=C/CCNC(C)CC1CCCO1. The van der Waals surface area contributed by atoms with Crippen molar-refractivity contribution in [3.63, 3.8) is 0 Å². The molecule has 2 nitrogen and oxygen atoms in total. The first-order valence-electron chi connectivity index (χ1n) is 5.79. The molecule has 2 unspecified atom stereocenters. The largest absolute Gasteiger partial charge is 0.378 e. The lowest BCUT2D eigenvalue weighted by Gasteiger charge is -2.17. The van der Waals surface area contributed by atoms with Crippen LogP contribution in [0.25, 0.3) is 0 Å². The third-order valence-electron chi connectivity index (χ3n) is 2.68. The summed E-state index contributed by atoms with van der Waals surface area (Å²) in [5.41, 5.74) is 0. The van der Waals surface area contributed by atoms with Crippen LogP contribution in [0.1, 0.15) is 39.5 Å². The highest BCUT2D eigenvalue weighted by Crippen LogP contribution is 2.16. The predicted molar refractivity (Wildman–Crippen MR) is 60.5 cm³/mol. The lowest BCUT2D eigenvalue weighted by molar-refractivity contribution is 0.0964. The van der Waals surface area contributed by atoms with Crippen LogP contribution < -0.4 is 5.32 Å². The second kappa shape index (κ2) is 7.02. The predicted octanol–water partition coefficient (Wildman–Crippen LogP) is 2.50. The molecular formula is C12H23NO. The van der Waals surface area contributed by atoms with Crippen molar-refractivity contribution < 1.29 is 4.74 Å². The Bertz CT molecular complexity index is 162. The van der Waals surface area contributed by atoms with Crippen LogP contribution in [-0.4, -0.2) is 25.3 Å². The highest BCUT2D eigenvalue weighted by molar-refractivity contribution is 4.79. The molecule has 2 heteroatoms. The van der Waals surface area contributed by atoms with Crippen LogP contribution in [0.5, 0.6) is 0 Å². The van der Waals surface area contributed by atoms with Crippen LogP contribution in [0.15, 0.2) is 12.2 Å². The van der Waals surface area contributed by atoms with E-state index in [4.69, 9.17) is 4.74 Å². The van der Waals surface area contributed by atoms with Gasteiger partial charge in [0.2, 0.25) is 0 Å². The fourth-order valence-corrected chi connectivity index (χ4v) is 1.89. The van der Waals surface area contributed by atoms with E-state index in [0.717, 1.165) is 26.0 Å². The van der Waals surface area contributed by atoms with E-state index >= 15 is 0 Å². The van der Waals surface area contributed by atoms with Gasteiger partial charge in [0.1, 0.15) is 0 Å². The summed E-state index contributed by atoms with van der Waals surface area (Å²) in [5, 5.41) is 3.51. The lowest BCUT2D eigenvalue weighted by Crippen LogP contribution is -2.30. The second-order valence-corrected chi connectivity index (χ2v) is 4.08. The molecule has 0 saturated carbocycles. The summed E-state index contributed by atoms with van der Waals surface area (Å²) in [6.45, 7) is 6.36. The Kier molecular flexibility index (Phi) is 5.88. The fraction of sp³-hybridized carbons (Fsp3) is 0.833. The van der Waals surface area contributed by atoms with Gasteiger partial charge in [0.25, 0.3) is 0 Å². The third-order valence-corrected chi connectivity index (χ3v) is 2.68. The Labute approximate surface area is 87.7 Å². The number of rotatable bonds is 6. The molecule has 82 valence electrons. The number of hydrogen-bond donors (Lipinski definition) is 1. The first kappa shape index (κ1) is 11.7. The molecule has 14 heavy (non-hydrogen) atoms. The van der Waals surface area contributed by atoms with Crippen LogP contribution in [-0.2, 0) is 4.74 Å². The maximum Gasteiger partial charge on any atom is 0.0590 e. The van der Waals surface area contributed by atoms with Crippen LogP contribution in [0.3, 0.4) is 0 Å². The highest BCUT2D eigenvalue weighted by atomic mass is 16.5. The molecule has 0 amide bonds. The third kappa shape index (κ3) is 4.77. The van der Waals surface area contributed by atoms with Crippen molar-refractivity contribution >= 4 is 0 Å². The van der Waals surface area contributed by atoms with E-state index in [2.05, 4.69) is 31.3 Å². The molecule has 0 aromatic rings. The van der Waals surface area contributed by atoms with Crippen molar-refractivity contribution in [3.05, 3.63) is 12.2 Å². The quantitative estimate of drug-likeness (QED) is 0.522. The van der Waals surface area contributed by atoms with E-state index in [9.17, 15) is 0 Å². The molecule has 1 N–H and O–H groups in total. The zero-order valence-corrected chi connectivity index (χ0v) is 9.46. The average Bonchev–Trinajstić information content (AvgIpc) is 2.65. The van der Waals surface area contributed by atoms with Gasteiger partial charge in [0.05, 0.1) is 6.10 Å². The van der Waals surface area contributed by atoms with Crippen molar-refractivity contribution in [2.24, 2.45) is 0 Å². The zero-order chi connectivity index (χ0) is 10.2. The molecule has 1 aliphatic heterocycles. The maximum absolute atomic E-state index is 5.60. The summed E-state index contributed by atoms with van der Waals surface area (Å²) in [7, 11) is 0. The Hall–Kier alpha value is -0.340. The van der Waals surface area contributed by atoms with Crippen LogP contribution in [0, 0.1) is 0 Å². The van der Waals surface area contributed by atoms with Crippen molar-refractivity contribution in [2.75, 3.05) is 13.2 Å². The molecule has 0 bridgehead atoms. The van der Waals surface area contributed by atoms with Gasteiger partial charge in [0, 0.05) is 12.6 Å². The van der Waals surface area contributed by atoms with E-state index in [1.807, 2.05) is 0 Å². The van der Waals surface area contributed by atoms with E-state index in [1.54, 1.807) is 0 Å². The smallest absolute Gasteiger partial charge is 0.0590 e. The number of allylic oxidation sites excluding steroid dienone is 1. The van der Waals surface area contributed by atoms with Gasteiger partial charge >= 0.3 is 0 Å². The molecule has 2 atom stereocenters. The summed E-state index contributed by atoms with van der Waals surface area (Å²) in [4.78, 5) is 0. The van der Waals surface area contributed by atoms with Crippen molar-refractivity contribution in [1.82, 2.24) is 5.32 Å². The van der Waals surface area contributed by atoms with Gasteiger partial charge in [-0.25, -0.2) is 0 Å². The Balaban J connectivity index is 2.00. The van der Waals surface area contributed by atoms with Gasteiger partial charge in [-0.3, -0.25) is 0 Å². The van der Waals surface area contributed by atoms with Gasteiger partial charge in [-0.05, 0) is 46.1 Å². The van der Waals surface area contributed by atoms with E-state index in [-0.39, 0.29) is 0 Å². The zero-order valence-electron chi connectivity index (χ0n) is 9.46. The summed E-state index contributed by atoms with van der Waals surface area (Å²) in [5.74, 6) is 0. The molecule has 1 fully saturated rings. The molecule has 1 rings (SSSR count). The van der Waals surface area contributed by atoms with Crippen LogP contribution in [0.4, 0.5) is 0 Å². The first-order valence-corrected chi connectivity index (χ1v) is 5.79. The Morgan fingerprint density at radius 1 is 1.57 bits per heavy atom. The van der Waals surface area contributed by atoms with Crippen molar-refractivity contribution in [1.29, 1.82) is 0 Å². The minimum atomic E-state index is 0.513. The molecule has 0 spiro atoms. The fourth-order valence-electron chi connectivity index (χ4n) is 1.89. The van der Waals surface area contributed by atoms with Gasteiger partial charge in [0.15, 0.2) is 0 Å². The second-order valence-electron chi connectivity index (χ2n) is 4.08. The van der Waals surface area contributed by atoms with Crippen molar-refractivity contribution in [2.45, 2.75) is 51.7 Å². The first-order chi connectivity index (χ1) is 6.83. The van der Waals surface area contributed by atoms with Gasteiger partial charge in [-0.15, -0.1) is 0 Å². The molecular weight excluding hydrogens is 174 g/mol. The molecule has 1 saturated heterocycles. The average molecular weight is 197 g/mol. The van der Waals surface area contributed by atoms with Crippen molar-refractivity contribution in [3.8, 4) is 0 Å². The summed E-state index contributed by atoms with van der Waals surface area (Å²) in [6, 6.07) is 0.586. The van der Waals surface area contributed by atoms with E-state index < -0.39 is 0 Å². The van der Waals surface area contributed by atoms with E-state index in [1.165, 1.54) is 12.8 Å². The van der Waals surface area contributed by atoms with Gasteiger partial charge in [-0.2, -0.15) is 0 Å². The standard InChI is InChI=1S/C12H23NO/c1-3-4-5-8-13-11(2)10-12-7-6-9-14-12/h3-4,11-13H,5-10H2,1-2H3/b4-3+. The highest BCUT2D eigenvalue weighted by Gasteiger charge is 2.17. The molecule has 0 radical (unpaired) electrons. The summed E-state index contributed by atoms with van der Waals surface area (Å²) in [6.07, 6.45) is 9.61. The minimum absolute atomic E-state index is 0.513. The van der Waals surface area contributed by atoms with Crippen LogP contribution in [0.2, 0.25) is 0 Å². The molecule has 0 aromatic carbocycles. The number of ether oxygens (including phenoxy) is 1. The van der Waals surface area contributed by atoms with Gasteiger partial charge < -0.3 is 10.1 Å². The Morgan fingerprint density at radius 3 is 3.07 bits per heavy atom. The maximum atomic E-state index is 5.60. The number of hydrogen-bond acceptors (Lipinski definition) is 2. The molecule has 0 aromatic heterocycles. The monoisotopic (exact) mass is 197 g/mol. The lowest BCUT2D eigenvalue weighted by atomic mass is 10.1. The minimum Gasteiger partial charge on any atom is -0.378 e. The summed E-state index contributed by atoms with van der Waals surface area (Å²) >= 11 is 0. The Morgan fingerprint density at radius 2 is 2.43 bits per heavy atom.